The van der Waals surface area contributed by atoms with Gasteiger partial charge in [-0.3, -0.25) is 4.98 Å². The molecule has 2 aromatic heterocycles. The molecule has 0 unspecified atom stereocenters. The number of aromatic nitrogens is 3. The highest BCUT2D eigenvalue weighted by atomic mass is 32.1. The minimum absolute atomic E-state index is 0.293. The van der Waals surface area contributed by atoms with Crippen LogP contribution >= 0.6 is 11.3 Å². The lowest BCUT2D eigenvalue weighted by atomic mass is 10.1. The van der Waals surface area contributed by atoms with E-state index in [0.29, 0.717) is 11.5 Å². The van der Waals surface area contributed by atoms with Gasteiger partial charge >= 0.3 is 0 Å². The Kier molecular flexibility index (Phi) is 3.44. The number of fused-ring (bicyclic) bond motifs is 1. The zero-order valence-electron chi connectivity index (χ0n) is 11.9. The van der Waals surface area contributed by atoms with Crippen LogP contribution in [0.4, 0.5) is 15.9 Å². The molecule has 0 fully saturated rings. The molecule has 0 bridgehead atoms. The second-order valence-corrected chi connectivity index (χ2v) is 5.84. The Hall–Kier alpha value is -2.86. The van der Waals surface area contributed by atoms with E-state index in [0.717, 1.165) is 21.3 Å². The molecule has 0 saturated heterocycles. The molecule has 0 aliphatic heterocycles. The zero-order chi connectivity index (χ0) is 15.6. The molecule has 0 saturated carbocycles. The van der Waals surface area contributed by atoms with Crippen molar-refractivity contribution >= 4 is 33.7 Å². The van der Waals surface area contributed by atoms with E-state index in [4.69, 9.17) is 0 Å². The Balaban J connectivity index is 1.81. The number of nitrogens with one attached hydrogen (secondary N) is 1. The molecule has 0 atom stereocenters. The predicted octanol–water partition coefficient (Wildman–Crippen LogP) is 4.64. The molecular weight excluding hydrogens is 311 g/mol. The average molecular weight is 322 g/mol. The quantitative estimate of drug-likeness (QED) is 0.597. The van der Waals surface area contributed by atoms with Gasteiger partial charge in [0.25, 0.3) is 0 Å². The van der Waals surface area contributed by atoms with Gasteiger partial charge in [0.1, 0.15) is 18.0 Å². The van der Waals surface area contributed by atoms with Gasteiger partial charge in [0, 0.05) is 17.3 Å². The molecular formula is C17H11FN4S. The van der Waals surface area contributed by atoms with Gasteiger partial charge in [-0.15, -0.1) is 11.3 Å². The van der Waals surface area contributed by atoms with Crippen molar-refractivity contribution in [3.8, 4) is 10.4 Å². The van der Waals surface area contributed by atoms with Crippen LogP contribution < -0.4 is 5.32 Å². The summed E-state index contributed by atoms with van der Waals surface area (Å²) in [4.78, 5) is 13.8. The predicted molar refractivity (Wildman–Crippen MR) is 90.3 cm³/mol. The molecule has 2 aromatic carbocycles. The van der Waals surface area contributed by atoms with Crippen LogP contribution in [0.25, 0.3) is 21.3 Å². The van der Waals surface area contributed by atoms with Gasteiger partial charge in [0.15, 0.2) is 0 Å². The van der Waals surface area contributed by atoms with Crippen molar-refractivity contribution < 1.29 is 4.39 Å². The van der Waals surface area contributed by atoms with E-state index in [2.05, 4.69) is 20.3 Å². The number of rotatable bonds is 3. The van der Waals surface area contributed by atoms with Crippen LogP contribution in [-0.2, 0) is 0 Å². The fourth-order valence-electron chi connectivity index (χ4n) is 2.37. The second-order valence-electron chi connectivity index (χ2n) is 4.96. The minimum atomic E-state index is -0.293. The van der Waals surface area contributed by atoms with E-state index < -0.39 is 0 Å². The van der Waals surface area contributed by atoms with Gasteiger partial charge in [0.05, 0.1) is 15.9 Å². The number of thiazole rings is 1. The molecule has 0 radical (unpaired) electrons. The standard InChI is InChI=1S/C17H11FN4S/c18-12-2-1-3-13(7-12)22-17-14-6-11(16-8-19-10-23-16)4-5-15(14)20-9-21-17/h1-10H,(H,20,21,22). The number of halogens is 1. The molecule has 4 rings (SSSR count). The molecule has 6 heteroatoms. The number of hydrogen-bond acceptors (Lipinski definition) is 5. The fraction of sp³-hybridized carbons (Fsp3) is 0. The summed E-state index contributed by atoms with van der Waals surface area (Å²) < 4.78 is 13.4. The molecule has 0 aliphatic rings. The molecule has 23 heavy (non-hydrogen) atoms. The Morgan fingerprint density at radius 1 is 1.04 bits per heavy atom. The van der Waals surface area contributed by atoms with Gasteiger partial charge in [-0.1, -0.05) is 12.1 Å². The highest BCUT2D eigenvalue weighted by molar-refractivity contribution is 7.13. The summed E-state index contributed by atoms with van der Waals surface area (Å²) in [6.45, 7) is 0. The third-order valence-electron chi connectivity index (χ3n) is 3.44. The highest BCUT2D eigenvalue weighted by Crippen LogP contribution is 2.30. The van der Waals surface area contributed by atoms with Crippen LogP contribution in [-0.4, -0.2) is 15.0 Å². The summed E-state index contributed by atoms with van der Waals surface area (Å²) in [6, 6.07) is 12.3. The molecule has 0 spiro atoms. The Bertz CT molecular complexity index is 969. The summed E-state index contributed by atoms with van der Waals surface area (Å²) in [7, 11) is 0. The van der Waals surface area contributed by atoms with Crippen molar-refractivity contribution in [2.24, 2.45) is 0 Å². The topological polar surface area (TPSA) is 50.7 Å². The van der Waals surface area contributed by atoms with Gasteiger partial charge in [-0.25, -0.2) is 14.4 Å². The summed E-state index contributed by atoms with van der Waals surface area (Å²) in [5.41, 5.74) is 4.32. The third-order valence-corrected chi connectivity index (χ3v) is 4.26. The van der Waals surface area contributed by atoms with Crippen LogP contribution in [0.5, 0.6) is 0 Å². The monoisotopic (exact) mass is 322 g/mol. The molecule has 0 aliphatic carbocycles. The number of benzene rings is 2. The minimum Gasteiger partial charge on any atom is -0.340 e. The smallest absolute Gasteiger partial charge is 0.141 e. The summed E-state index contributed by atoms with van der Waals surface area (Å²) in [5.74, 6) is 0.352. The first-order valence-electron chi connectivity index (χ1n) is 6.96. The van der Waals surface area contributed by atoms with Crippen LogP contribution in [0.1, 0.15) is 0 Å². The van der Waals surface area contributed by atoms with Crippen molar-refractivity contribution in [3.05, 3.63) is 66.3 Å². The normalized spacial score (nSPS) is 10.8. The third kappa shape index (κ3) is 2.76. The lowest BCUT2D eigenvalue weighted by Gasteiger charge is -2.09. The molecule has 112 valence electrons. The number of nitrogens with zero attached hydrogens (tertiary/aromatic N) is 3. The van der Waals surface area contributed by atoms with Crippen LogP contribution in [0, 0.1) is 5.82 Å². The lowest BCUT2D eigenvalue weighted by molar-refractivity contribution is 0.628. The van der Waals surface area contributed by atoms with E-state index in [-0.39, 0.29) is 5.82 Å². The number of hydrogen-bond donors (Lipinski definition) is 1. The number of anilines is 2. The van der Waals surface area contributed by atoms with Gasteiger partial charge in [-0.2, -0.15) is 0 Å². The van der Waals surface area contributed by atoms with Crippen LogP contribution in [0.2, 0.25) is 0 Å². The summed E-state index contributed by atoms with van der Waals surface area (Å²) in [5, 5.41) is 4.03. The van der Waals surface area contributed by atoms with Crippen molar-refractivity contribution in [1.82, 2.24) is 15.0 Å². The van der Waals surface area contributed by atoms with Gasteiger partial charge in [0.2, 0.25) is 0 Å². The van der Waals surface area contributed by atoms with Crippen molar-refractivity contribution in [1.29, 1.82) is 0 Å². The zero-order valence-corrected chi connectivity index (χ0v) is 12.7. The summed E-state index contributed by atoms with van der Waals surface area (Å²) in [6.07, 6.45) is 3.33. The van der Waals surface area contributed by atoms with Gasteiger partial charge in [-0.05, 0) is 35.9 Å². The van der Waals surface area contributed by atoms with E-state index in [9.17, 15) is 4.39 Å². The first kappa shape index (κ1) is 13.8. The largest absolute Gasteiger partial charge is 0.340 e. The van der Waals surface area contributed by atoms with E-state index >= 15 is 0 Å². The molecule has 2 heterocycles. The van der Waals surface area contributed by atoms with Crippen molar-refractivity contribution in [2.45, 2.75) is 0 Å². The van der Waals surface area contributed by atoms with E-state index in [1.54, 1.807) is 29.0 Å². The van der Waals surface area contributed by atoms with Crippen LogP contribution in [0.15, 0.2) is 60.5 Å². The fourth-order valence-corrected chi connectivity index (χ4v) is 2.99. The molecule has 1 N–H and O–H groups in total. The molecule has 4 nitrogen and oxygen atoms in total. The van der Waals surface area contributed by atoms with Gasteiger partial charge < -0.3 is 5.32 Å². The lowest BCUT2D eigenvalue weighted by Crippen LogP contribution is -1.96. The Labute approximate surface area is 135 Å². The average Bonchev–Trinajstić information content (AvgIpc) is 3.09. The Morgan fingerprint density at radius 3 is 2.83 bits per heavy atom. The SMILES string of the molecule is Fc1cccc(Nc2ncnc3ccc(-c4cncs4)cc23)c1. The van der Waals surface area contributed by atoms with Crippen molar-refractivity contribution in [3.63, 3.8) is 0 Å². The van der Waals surface area contributed by atoms with E-state index in [1.165, 1.54) is 18.5 Å². The summed E-state index contributed by atoms with van der Waals surface area (Å²) >= 11 is 1.57. The Morgan fingerprint density at radius 2 is 2.00 bits per heavy atom. The second kappa shape index (κ2) is 5.73. The molecule has 4 aromatic rings. The van der Waals surface area contributed by atoms with Crippen LogP contribution in [0.3, 0.4) is 0 Å². The maximum absolute atomic E-state index is 13.4. The van der Waals surface area contributed by atoms with E-state index in [1.807, 2.05) is 24.4 Å². The first-order valence-corrected chi connectivity index (χ1v) is 7.84. The van der Waals surface area contributed by atoms with Crippen molar-refractivity contribution in [2.75, 3.05) is 5.32 Å². The highest BCUT2D eigenvalue weighted by Gasteiger charge is 2.08. The first-order chi connectivity index (χ1) is 11.3. The molecule has 0 amide bonds. The maximum Gasteiger partial charge on any atom is 0.141 e. The maximum atomic E-state index is 13.4.